The molecular weight excluding hydrogens is 452 g/mol. The molecule has 2 rings (SSSR count). The minimum Gasteiger partial charge on any atom is -0.357 e. The number of halogens is 6. The van der Waals surface area contributed by atoms with E-state index in [9.17, 15) is 21.6 Å². The monoisotopic (exact) mass is 460 g/mol. The summed E-state index contributed by atoms with van der Waals surface area (Å²) in [5, 5.41) is 4.43. The largest absolute Gasteiger partial charge is 0.516 e. The maximum Gasteiger partial charge on any atom is 0.516 e. The normalized spacial score (nSPS) is 12.8. The molecule has 0 unspecified atom stereocenters. The SMILES string of the molecule is C/C(=N\Oc1ccc(Cl)c(Cl)c1)c1cc(Cl)ccc1NS(=O)(=O)C(F)(F)F. The third-order valence-corrected chi connectivity index (χ3v) is 5.17. The summed E-state index contributed by atoms with van der Waals surface area (Å²) in [4.78, 5) is 5.15. The maximum absolute atomic E-state index is 12.6. The Labute approximate surface area is 167 Å². The third-order valence-electron chi connectivity index (χ3n) is 3.10. The summed E-state index contributed by atoms with van der Waals surface area (Å²) >= 11 is 17.5. The van der Waals surface area contributed by atoms with Crippen molar-refractivity contribution in [1.29, 1.82) is 0 Å². The van der Waals surface area contributed by atoms with Crippen molar-refractivity contribution in [2.75, 3.05) is 4.72 Å². The van der Waals surface area contributed by atoms with Crippen molar-refractivity contribution in [3.05, 3.63) is 57.0 Å². The number of sulfonamides is 1. The van der Waals surface area contributed by atoms with Crippen molar-refractivity contribution in [3.63, 3.8) is 0 Å². The summed E-state index contributed by atoms with van der Waals surface area (Å²) < 4.78 is 62.0. The molecule has 0 aliphatic heterocycles. The second-order valence-electron chi connectivity index (χ2n) is 5.09. The van der Waals surface area contributed by atoms with Gasteiger partial charge in [-0.3, -0.25) is 4.72 Å². The van der Waals surface area contributed by atoms with E-state index in [0.717, 1.165) is 6.07 Å². The van der Waals surface area contributed by atoms with E-state index < -0.39 is 15.5 Å². The van der Waals surface area contributed by atoms with Crippen molar-refractivity contribution in [3.8, 4) is 5.75 Å². The standard InChI is InChI=1S/C15H10Cl3F3N2O3S/c1-8(22-26-10-3-4-12(17)13(18)7-10)11-6-9(16)2-5-14(11)23-27(24,25)15(19,20)21/h2-7,23H,1H3/b22-8+. The lowest BCUT2D eigenvalue weighted by Gasteiger charge is -2.14. The smallest absolute Gasteiger partial charge is 0.357 e. The second-order valence-corrected chi connectivity index (χ2v) is 8.01. The van der Waals surface area contributed by atoms with Gasteiger partial charge in [-0.1, -0.05) is 40.0 Å². The first-order chi connectivity index (χ1) is 12.4. The predicted octanol–water partition coefficient (Wildman–Crippen LogP) is 5.71. The highest BCUT2D eigenvalue weighted by atomic mass is 35.5. The minimum atomic E-state index is -5.62. The molecule has 12 heteroatoms. The molecule has 0 aliphatic rings. The Morgan fingerprint density at radius 2 is 1.74 bits per heavy atom. The average molecular weight is 462 g/mol. The quantitative estimate of drug-likeness (QED) is 0.458. The Balaban J connectivity index is 2.36. The Morgan fingerprint density at radius 3 is 2.33 bits per heavy atom. The number of oxime groups is 1. The summed E-state index contributed by atoms with van der Waals surface area (Å²) in [6.07, 6.45) is 0. The van der Waals surface area contributed by atoms with E-state index in [2.05, 4.69) is 5.16 Å². The number of alkyl halides is 3. The fraction of sp³-hybridized carbons (Fsp3) is 0.133. The second kappa shape index (κ2) is 8.14. The van der Waals surface area contributed by atoms with Gasteiger partial charge in [-0.05, 0) is 37.3 Å². The van der Waals surface area contributed by atoms with Gasteiger partial charge in [0.1, 0.15) is 0 Å². The van der Waals surface area contributed by atoms with Crippen LogP contribution in [0.5, 0.6) is 5.75 Å². The van der Waals surface area contributed by atoms with E-state index in [-0.39, 0.29) is 32.8 Å². The molecule has 1 N–H and O–H groups in total. The molecule has 0 amide bonds. The number of rotatable bonds is 5. The van der Waals surface area contributed by atoms with Crippen LogP contribution in [0.25, 0.3) is 0 Å². The van der Waals surface area contributed by atoms with Crippen LogP contribution in [-0.2, 0) is 10.0 Å². The lowest BCUT2D eigenvalue weighted by Crippen LogP contribution is -2.30. The van der Waals surface area contributed by atoms with Gasteiger partial charge >= 0.3 is 15.5 Å². The summed E-state index contributed by atoms with van der Waals surface area (Å²) in [6.45, 7) is 1.40. The number of hydrogen-bond acceptors (Lipinski definition) is 4. The van der Waals surface area contributed by atoms with Crippen LogP contribution in [0.15, 0.2) is 41.6 Å². The molecule has 0 fully saturated rings. The van der Waals surface area contributed by atoms with Crippen LogP contribution in [-0.4, -0.2) is 19.6 Å². The molecule has 0 radical (unpaired) electrons. The molecule has 0 spiro atoms. The molecule has 0 saturated heterocycles. The molecule has 0 saturated carbocycles. The molecule has 146 valence electrons. The van der Waals surface area contributed by atoms with E-state index in [0.29, 0.717) is 5.02 Å². The average Bonchev–Trinajstić information content (AvgIpc) is 2.56. The fourth-order valence-corrected chi connectivity index (χ4v) is 2.85. The zero-order valence-corrected chi connectivity index (χ0v) is 16.4. The molecule has 0 aromatic heterocycles. The van der Waals surface area contributed by atoms with Crippen molar-refractivity contribution < 1.29 is 26.4 Å². The number of benzene rings is 2. The Kier molecular flexibility index (Phi) is 6.51. The van der Waals surface area contributed by atoms with Gasteiger partial charge in [0.25, 0.3) is 0 Å². The molecule has 2 aromatic carbocycles. The zero-order valence-electron chi connectivity index (χ0n) is 13.3. The van der Waals surface area contributed by atoms with Gasteiger partial charge in [-0.15, -0.1) is 0 Å². The highest BCUT2D eigenvalue weighted by molar-refractivity contribution is 7.93. The van der Waals surface area contributed by atoms with E-state index in [1.54, 1.807) is 0 Å². The molecule has 0 bridgehead atoms. The maximum atomic E-state index is 12.6. The molecule has 0 aliphatic carbocycles. The Bertz CT molecular complexity index is 996. The summed E-state index contributed by atoms with van der Waals surface area (Å²) in [5.74, 6) is 0.211. The lowest BCUT2D eigenvalue weighted by atomic mass is 10.1. The highest BCUT2D eigenvalue weighted by Gasteiger charge is 2.46. The van der Waals surface area contributed by atoms with Crippen LogP contribution in [0.1, 0.15) is 12.5 Å². The summed E-state index contributed by atoms with van der Waals surface area (Å²) in [7, 11) is -5.62. The third kappa shape index (κ3) is 5.41. The van der Waals surface area contributed by atoms with Crippen LogP contribution >= 0.6 is 34.8 Å². The fourth-order valence-electron chi connectivity index (χ4n) is 1.81. The topological polar surface area (TPSA) is 67.8 Å². The molecular formula is C15H10Cl3F3N2O3S. The molecule has 5 nitrogen and oxygen atoms in total. The van der Waals surface area contributed by atoms with E-state index in [1.807, 2.05) is 0 Å². The number of nitrogens with one attached hydrogen (secondary N) is 1. The minimum absolute atomic E-state index is 0.00427. The van der Waals surface area contributed by atoms with Gasteiger partial charge in [-0.25, -0.2) is 0 Å². The van der Waals surface area contributed by atoms with Crippen LogP contribution in [0.3, 0.4) is 0 Å². The number of anilines is 1. The molecule has 2 aromatic rings. The van der Waals surface area contributed by atoms with Gasteiger partial charge in [-0.2, -0.15) is 21.6 Å². The first kappa shape index (κ1) is 21.6. The lowest BCUT2D eigenvalue weighted by molar-refractivity contribution is -0.0429. The van der Waals surface area contributed by atoms with Gasteiger partial charge in [0, 0.05) is 16.7 Å². The van der Waals surface area contributed by atoms with Gasteiger partial charge in [0.2, 0.25) is 0 Å². The van der Waals surface area contributed by atoms with Gasteiger partial charge < -0.3 is 4.84 Å². The van der Waals surface area contributed by atoms with Crippen LogP contribution in [0, 0.1) is 0 Å². The van der Waals surface area contributed by atoms with E-state index in [4.69, 9.17) is 39.6 Å². The molecule has 0 heterocycles. The number of nitrogens with zero attached hydrogens (tertiary/aromatic N) is 1. The Morgan fingerprint density at radius 1 is 1.07 bits per heavy atom. The summed E-state index contributed by atoms with van der Waals surface area (Å²) in [6, 6.07) is 7.87. The van der Waals surface area contributed by atoms with E-state index >= 15 is 0 Å². The first-order valence-corrected chi connectivity index (χ1v) is 9.58. The number of hydrogen-bond donors (Lipinski definition) is 1. The van der Waals surface area contributed by atoms with Crippen LogP contribution < -0.4 is 9.56 Å². The zero-order chi connectivity index (χ0) is 20.4. The highest BCUT2D eigenvalue weighted by Crippen LogP contribution is 2.29. The van der Waals surface area contributed by atoms with Crippen LogP contribution in [0.2, 0.25) is 15.1 Å². The molecule has 27 heavy (non-hydrogen) atoms. The first-order valence-electron chi connectivity index (χ1n) is 6.96. The van der Waals surface area contributed by atoms with E-state index in [1.165, 1.54) is 42.0 Å². The summed E-state index contributed by atoms with van der Waals surface area (Å²) in [5.41, 5.74) is -5.79. The molecule has 0 atom stereocenters. The van der Waals surface area contributed by atoms with Gasteiger partial charge in [0.05, 0.1) is 21.4 Å². The predicted molar refractivity (Wildman–Crippen MR) is 99.4 cm³/mol. The van der Waals surface area contributed by atoms with Crippen molar-refractivity contribution in [1.82, 2.24) is 0 Å². The Hall–Kier alpha value is -1.68. The van der Waals surface area contributed by atoms with Crippen molar-refractivity contribution in [2.24, 2.45) is 5.16 Å². The van der Waals surface area contributed by atoms with Crippen molar-refractivity contribution >= 4 is 56.2 Å². The van der Waals surface area contributed by atoms with Crippen LogP contribution in [0.4, 0.5) is 18.9 Å². The van der Waals surface area contributed by atoms with Gasteiger partial charge in [0.15, 0.2) is 5.75 Å². The van der Waals surface area contributed by atoms with Crippen molar-refractivity contribution in [2.45, 2.75) is 12.4 Å².